The fraction of sp³-hybridized carbons (Fsp3) is 0.176. The van der Waals surface area contributed by atoms with Crippen molar-refractivity contribution >= 4 is 57.5 Å². The fourth-order valence-electron chi connectivity index (χ4n) is 2.71. The van der Waals surface area contributed by atoms with Crippen LogP contribution in [0.5, 0.6) is 0 Å². The first-order chi connectivity index (χ1) is 12.5. The largest absolute Gasteiger partial charge is 0.478 e. The molecule has 1 heterocycles. The summed E-state index contributed by atoms with van der Waals surface area (Å²) in [5.74, 6) is -1.13. The molecule has 0 radical (unpaired) electrons. The van der Waals surface area contributed by atoms with Crippen LogP contribution in [0.15, 0.2) is 41.6 Å². The molecule has 3 rings (SSSR count). The molecule has 1 atom stereocenters. The Morgan fingerprint density at radius 1 is 1.19 bits per heavy atom. The highest BCUT2D eigenvalue weighted by Crippen LogP contribution is 2.49. The van der Waals surface area contributed by atoms with Crippen LogP contribution in [-0.4, -0.2) is 23.0 Å². The van der Waals surface area contributed by atoms with Crippen LogP contribution < -0.4 is 0 Å². The number of alkyl halides is 3. The van der Waals surface area contributed by atoms with E-state index in [1.54, 1.807) is 22.6 Å². The molecular weight excluding hydrogens is 521 g/mol. The molecule has 0 amide bonds. The maximum Gasteiger partial charge on any atom is 0.435 e. The van der Waals surface area contributed by atoms with Gasteiger partial charge in [0.15, 0.2) is 0 Å². The summed E-state index contributed by atoms with van der Waals surface area (Å²) in [5, 5.41) is 12.8. The highest BCUT2D eigenvalue weighted by atomic mass is 127. The lowest BCUT2D eigenvalue weighted by Crippen LogP contribution is -2.42. The molecule has 0 saturated carbocycles. The predicted octanol–water partition coefficient (Wildman–Crippen LogP) is 5.88. The Labute approximate surface area is 175 Å². The van der Waals surface area contributed by atoms with Crippen molar-refractivity contribution in [1.29, 1.82) is 0 Å². The second-order valence-electron chi connectivity index (χ2n) is 5.79. The Morgan fingerprint density at radius 3 is 2.33 bits per heavy atom. The highest BCUT2D eigenvalue weighted by molar-refractivity contribution is 14.1. The molecule has 2 aromatic rings. The van der Waals surface area contributed by atoms with E-state index in [0.717, 1.165) is 12.1 Å². The molecule has 0 aliphatic carbocycles. The minimum absolute atomic E-state index is 0.0401. The van der Waals surface area contributed by atoms with Gasteiger partial charge in [0.2, 0.25) is 0 Å². The third-order valence-corrected chi connectivity index (χ3v) is 5.38. The van der Waals surface area contributed by atoms with E-state index in [9.17, 15) is 18.0 Å². The van der Waals surface area contributed by atoms with Gasteiger partial charge in [-0.1, -0.05) is 34.4 Å². The molecule has 142 valence electrons. The summed E-state index contributed by atoms with van der Waals surface area (Å²) in [4.78, 5) is 16.0. The third-order valence-electron chi connectivity index (χ3n) is 4.05. The standard InChI is InChI=1S/C17H9Cl2F3INO3/c18-10-4-9(5-11(19)6-10)16(17(20,21)22)7-14(24-27-16)8-1-2-12(15(25)26)13(23)3-8/h1-6H,7H2,(H,25,26). The van der Waals surface area contributed by atoms with Gasteiger partial charge in [-0.25, -0.2) is 4.79 Å². The second kappa shape index (κ2) is 7.14. The number of benzene rings is 2. The monoisotopic (exact) mass is 529 g/mol. The molecular formula is C17H9Cl2F3INO3. The van der Waals surface area contributed by atoms with Crippen molar-refractivity contribution in [1.82, 2.24) is 0 Å². The molecule has 0 bridgehead atoms. The summed E-state index contributed by atoms with van der Waals surface area (Å²) in [6, 6.07) is 7.74. The number of hydrogen-bond donors (Lipinski definition) is 1. The van der Waals surface area contributed by atoms with Gasteiger partial charge >= 0.3 is 12.1 Å². The van der Waals surface area contributed by atoms with E-state index >= 15 is 0 Å². The number of carboxylic acid groups (broad SMARTS) is 1. The summed E-state index contributed by atoms with van der Waals surface area (Å²) in [5.41, 5.74) is -2.57. The molecule has 0 fully saturated rings. The van der Waals surface area contributed by atoms with Crippen LogP contribution >= 0.6 is 45.8 Å². The topological polar surface area (TPSA) is 58.9 Å². The zero-order valence-electron chi connectivity index (χ0n) is 13.1. The summed E-state index contributed by atoms with van der Waals surface area (Å²) in [7, 11) is 0. The number of rotatable bonds is 3. The van der Waals surface area contributed by atoms with Crippen LogP contribution in [0.2, 0.25) is 10.0 Å². The van der Waals surface area contributed by atoms with E-state index in [1.165, 1.54) is 24.3 Å². The van der Waals surface area contributed by atoms with E-state index in [-0.39, 0.29) is 26.9 Å². The molecule has 0 saturated heterocycles. The Hall–Kier alpha value is -1.52. The fourth-order valence-corrected chi connectivity index (χ4v) is 3.99. The van der Waals surface area contributed by atoms with Crippen molar-refractivity contribution in [3.63, 3.8) is 0 Å². The first kappa shape index (κ1) is 20.2. The van der Waals surface area contributed by atoms with Gasteiger partial charge in [-0.3, -0.25) is 0 Å². The lowest BCUT2D eigenvalue weighted by molar-refractivity contribution is -0.275. The Bertz CT molecular complexity index is 945. The van der Waals surface area contributed by atoms with Crippen LogP contribution in [0.3, 0.4) is 0 Å². The molecule has 4 nitrogen and oxygen atoms in total. The van der Waals surface area contributed by atoms with Gasteiger partial charge in [0, 0.05) is 31.2 Å². The zero-order valence-corrected chi connectivity index (χ0v) is 16.8. The Balaban J connectivity index is 2.02. The van der Waals surface area contributed by atoms with Gasteiger partial charge in [-0.05, 0) is 52.9 Å². The Morgan fingerprint density at radius 2 is 1.81 bits per heavy atom. The van der Waals surface area contributed by atoms with Crippen molar-refractivity contribution in [2.45, 2.75) is 18.2 Å². The van der Waals surface area contributed by atoms with Crippen LogP contribution in [-0.2, 0) is 10.4 Å². The Kier molecular flexibility index (Phi) is 5.35. The van der Waals surface area contributed by atoms with Gasteiger partial charge in [-0.15, -0.1) is 0 Å². The molecule has 1 unspecified atom stereocenters. The van der Waals surface area contributed by atoms with E-state index in [4.69, 9.17) is 33.1 Å². The van der Waals surface area contributed by atoms with E-state index in [1.807, 2.05) is 0 Å². The number of oxime groups is 1. The molecule has 27 heavy (non-hydrogen) atoms. The van der Waals surface area contributed by atoms with Crippen molar-refractivity contribution in [3.05, 3.63) is 66.7 Å². The predicted molar refractivity (Wildman–Crippen MR) is 103 cm³/mol. The van der Waals surface area contributed by atoms with Crippen molar-refractivity contribution in [3.8, 4) is 0 Å². The number of halogens is 6. The maximum absolute atomic E-state index is 13.9. The zero-order chi connectivity index (χ0) is 20.0. The van der Waals surface area contributed by atoms with Gasteiger partial charge in [0.1, 0.15) is 0 Å². The summed E-state index contributed by atoms with van der Waals surface area (Å²) in [6.07, 6.45) is -5.39. The van der Waals surface area contributed by atoms with E-state index in [0.29, 0.717) is 9.13 Å². The molecule has 2 aromatic carbocycles. The van der Waals surface area contributed by atoms with Crippen molar-refractivity contribution in [2.75, 3.05) is 0 Å². The smallest absolute Gasteiger partial charge is 0.435 e. The lowest BCUT2D eigenvalue weighted by atomic mass is 9.86. The SMILES string of the molecule is O=C(O)c1ccc(C2=NOC(c3cc(Cl)cc(Cl)c3)(C(F)(F)F)C2)cc1I. The van der Waals surface area contributed by atoms with Crippen LogP contribution in [0.25, 0.3) is 0 Å². The average molecular weight is 530 g/mol. The number of nitrogens with zero attached hydrogens (tertiary/aromatic N) is 1. The molecule has 0 aromatic heterocycles. The summed E-state index contributed by atoms with van der Waals surface area (Å²) in [6.45, 7) is 0. The quantitative estimate of drug-likeness (QED) is 0.505. The molecule has 1 N–H and O–H groups in total. The summed E-state index contributed by atoms with van der Waals surface area (Å²) < 4.78 is 42.2. The first-order valence-corrected chi connectivity index (χ1v) is 9.18. The minimum Gasteiger partial charge on any atom is -0.478 e. The van der Waals surface area contributed by atoms with Gasteiger partial charge in [0.05, 0.1) is 11.3 Å². The second-order valence-corrected chi connectivity index (χ2v) is 7.82. The van der Waals surface area contributed by atoms with E-state index in [2.05, 4.69) is 5.16 Å². The number of aromatic carboxylic acids is 1. The first-order valence-electron chi connectivity index (χ1n) is 7.35. The summed E-state index contributed by atoms with van der Waals surface area (Å²) >= 11 is 13.5. The molecule has 0 spiro atoms. The maximum atomic E-state index is 13.9. The minimum atomic E-state index is -4.79. The molecule has 10 heteroatoms. The number of carbonyl (C=O) groups is 1. The van der Waals surface area contributed by atoms with Gasteiger partial charge in [-0.2, -0.15) is 13.2 Å². The molecule has 1 aliphatic heterocycles. The average Bonchev–Trinajstić information content (AvgIpc) is 3.00. The van der Waals surface area contributed by atoms with E-state index < -0.39 is 24.2 Å². The van der Waals surface area contributed by atoms with Crippen LogP contribution in [0, 0.1) is 3.57 Å². The number of hydrogen-bond acceptors (Lipinski definition) is 3. The van der Waals surface area contributed by atoms with Gasteiger partial charge in [0.25, 0.3) is 5.60 Å². The van der Waals surface area contributed by atoms with Gasteiger partial charge < -0.3 is 9.94 Å². The van der Waals surface area contributed by atoms with Crippen LogP contribution in [0.1, 0.15) is 27.9 Å². The normalized spacial score (nSPS) is 19.6. The molecule has 1 aliphatic rings. The van der Waals surface area contributed by atoms with Crippen molar-refractivity contribution < 1.29 is 27.9 Å². The lowest BCUT2D eigenvalue weighted by Gasteiger charge is -2.29. The van der Waals surface area contributed by atoms with Crippen LogP contribution in [0.4, 0.5) is 13.2 Å². The number of carboxylic acids is 1. The highest BCUT2D eigenvalue weighted by Gasteiger charge is 2.62. The third kappa shape index (κ3) is 3.74. The van der Waals surface area contributed by atoms with Crippen molar-refractivity contribution in [2.24, 2.45) is 5.16 Å².